The topological polar surface area (TPSA) is 87.0 Å². The molecule has 0 saturated heterocycles. The van der Waals surface area contributed by atoms with Crippen LogP contribution in [0.2, 0.25) is 0 Å². The Hall–Kier alpha value is -4.44. The second kappa shape index (κ2) is 10.7. The van der Waals surface area contributed by atoms with Gasteiger partial charge in [-0.2, -0.15) is 5.26 Å². The molecule has 0 radical (unpaired) electrons. The summed E-state index contributed by atoms with van der Waals surface area (Å²) in [5.74, 6) is 1.71. The van der Waals surface area contributed by atoms with Crippen LogP contribution in [0.25, 0.3) is 11.6 Å². The van der Waals surface area contributed by atoms with Crippen molar-refractivity contribution >= 4 is 17.6 Å². The molecule has 0 amide bonds. The molecule has 0 fully saturated rings. The Kier molecular flexibility index (Phi) is 7.55. The summed E-state index contributed by atoms with van der Waals surface area (Å²) in [6, 6.07) is 19.2. The van der Waals surface area contributed by atoms with Crippen LogP contribution in [0.4, 0.5) is 0 Å². The van der Waals surface area contributed by atoms with Gasteiger partial charge in [0, 0.05) is 0 Å². The summed E-state index contributed by atoms with van der Waals surface area (Å²) >= 11 is 0. The van der Waals surface area contributed by atoms with E-state index in [1.807, 2.05) is 0 Å². The van der Waals surface area contributed by atoms with Crippen LogP contribution >= 0.6 is 0 Å². The zero-order valence-electron chi connectivity index (χ0n) is 18.7. The number of hydrogen-bond donors (Lipinski definition) is 0. The number of ether oxygens (including phenoxy) is 5. The van der Waals surface area contributed by atoms with Crippen LogP contribution in [0.1, 0.15) is 21.5 Å². The Morgan fingerprint density at radius 1 is 0.758 bits per heavy atom. The van der Waals surface area contributed by atoms with E-state index in [-0.39, 0.29) is 5.75 Å². The summed E-state index contributed by atoms with van der Waals surface area (Å²) in [5, 5.41) is 9.70. The average molecular weight is 445 g/mol. The number of carbonyl (C=O) groups excluding carboxylic acids is 1. The lowest BCUT2D eigenvalue weighted by Crippen LogP contribution is -2.09. The number of hydrogen-bond acceptors (Lipinski definition) is 7. The highest BCUT2D eigenvalue weighted by Gasteiger charge is 2.14. The molecule has 0 aromatic heterocycles. The monoisotopic (exact) mass is 445 g/mol. The van der Waals surface area contributed by atoms with Crippen LogP contribution in [0, 0.1) is 11.3 Å². The molecule has 0 aliphatic rings. The van der Waals surface area contributed by atoms with Crippen LogP contribution in [0.3, 0.4) is 0 Å². The molecule has 33 heavy (non-hydrogen) atoms. The van der Waals surface area contributed by atoms with Crippen LogP contribution < -0.4 is 23.7 Å². The van der Waals surface area contributed by atoms with Crippen molar-refractivity contribution in [1.82, 2.24) is 0 Å². The fourth-order valence-electron chi connectivity index (χ4n) is 3.12. The molecule has 7 nitrogen and oxygen atoms in total. The second-order valence-corrected chi connectivity index (χ2v) is 6.77. The SMILES string of the molecule is COc1cccc(C(=O)Oc2ccc(/C=C(/C#N)c3ccc(OC)c(OC)c3)cc2OC)c1. The number of esters is 1. The smallest absolute Gasteiger partial charge is 0.343 e. The fourth-order valence-corrected chi connectivity index (χ4v) is 3.12. The molecular weight excluding hydrogens is 422 g/mol. The van der Waals surface area contributed by atoms with Crippen molar-refractivity contribution in [3.63, 3.8) is 0 Å². The predicted octanol–water partition coefficient (Wildman–Crippen LogP) is 5.00. The number of benzene rings is 3. The zero-order chi connectivity index (χ0) is 23.8. The molecule has 0 saturated carbocycles. The third kappa shape index (κ3) is 5.43. The quantitative estimate of drug-likeness (QED) is 0.209. The maximum absolute atomic E-state index is 12.5. The summed E-state index contributed by atoms with van der Waals surface area (Å²) in [6.45, 7) is 0. The highest BCUT2D eigenvalue weighted by Crippen LogP contribution is 2.33. The van der Waals surface area contributed by atoms with E-state index in [1.54, 1.807) is 73.8 Å². The van der Waals surface area contributed by atoms with E-state index in [9.17, 15) is 10.1 Å². The van der Waals surface area contributed by atoms with Gasteiger partial charge in [-0.05, 0) is 65.7 Å². The Morgan fingerprint density at radius 2 is 1.45 bits per heavy atom. The second-order valence-electron chi connectivity index (χ2n) is 6.77. The van der Waals surface area contributed by atoms with E-state index in [1.165, 1.54) is 21.3 Å². The van der Waals surface area contributed by atoms with Gasteiger partial charge in [0.15, 0.2) is 23.0 Å². The van der Waals surface area contributed by atoms with Crippen LogP contribution in [0.5, 0.6) is 28.7 Å². The minimum Gasteiger partial charge on any atom is -0.497 e. The summed E-state index contributed by atoms with van der Waals surface area (Å²) < 4.78 is 26.6. The van der Waals surface area contributed by atoms with Crippen molar-refractivity contribution in [2.45, 2.75) is 0 Å². The molecule has 0 unspecified atom stereocenters. The number of carbonyl (C=O) groups is 1. The molecule has 3 aromatic carbocycles. The lowest BCUT2D eigenvalue weighted by Gasteiger charge is -2.11. The van der Waals surface area contributed by atoms with Crippen molar-refractivity contribution < 1.29 is 28.5 Å². The molecule has 0 aliphatic carbocycles. The maximum Gasteiger partial charge on any atom is 0.343 e. The van der Waals surface area contributed by atoms with Crippen LogP contribution in [0.15, 0.2) is 60.7 Å². The molecule has 0 N–H and O–H groups in total. The molecule has 3 rings (SSSR count). The van der Waals surface area contributed by atoms with Gasteiger partial charge in [-0.3, -0.25) is 0 Å². The summed E-state index contributed by atoms with van der Waals surface area (Å²) in [5.41, 5.74) is 2.13. The molecule has 0 bridgehead atoms. The third-order valence-electron chi connectivity index (χ3n) is 4.82. The number of methoxy groups -OCH3 is 4. The average Bonchev–Trinajstić information content (AvgIpc) is 2.87. The molecule has 7 heteroatoms. The van der Waals surface area contributed by atoms with E-state index in [0.717, 1.165) is 0 Å². The normalized spacial score (nSPS) is 10.7. The largest absolute Gasteiger partial charge is 0.497 e. The fraction of sp³-hybridized carbons (Fsp3) is 0.154. The number of nitriles is 1. The minimum atomic E-state index is -0.543. The van der Waals surface area contributed by atoms with E-state index < -0.39 is 5.97 Å². The first-order valence-corrected chi connectivity index (χ1v) is 9.91. The molecule has 0 aliphatic heterocycles. The van der Waals surface area contributed by atoms with Crippen molar-refractivity contribution in [3.8, 4) is 34.8 Å². The van der Waals surface area contributed by atoms with E-state index in [2.05, 4.69) is 6.07 Å². The predicted molar refractivity (Wildman–Crippen MR) is 124 cm³/mol. The zero-order valence-corrected chi connectivity index (χ0v) is 18.7. The number of nitrogens with zero attached hydrogens (tertiary/aromatic N) is 1. The van der Waals surface area contributed by atoms with Gasteiger partial charge >= 0.3 is 5.97 Å². The third-order valence-corrected chi connectivity index (χ3v) is 4.82. The van der Waals surface area contributed by atoms with Gasteiger partial charge in [-0.1, -0.05) is 12.1 Å². The van der Waals surface area contributed by atoms with Crippen molar-refractivity contribution in [3.05, 3.63) is 77.4 Å². The molecule has 3 aromatic rings. The first kappa shape index (κ1) is 23.2. The van der Waals surface area contributed by atoms with Gasteiger partial charge in [0.2, 0.25) is 0 Å². The van der Waals surface area contributed by atoms with Crippen LogP contribution in [-0.2, 0) is 0 Å². The van der Waals surface area contributed by atoms with Gasteiger partial charge in [-0.25, -0.2) is 4.79 Å². The lowest BCUT2D eigenvalue weighted by atomic mass is 10.0. The van der Waals surface area contributed by atoms with Crippen molar-refractivity contribution in [2.24, 2.45) is 0 Å². The molecule has 168 valence electrons. The van der Waals surface area contributed by atoms with Crippen LogP contribution in [-0.4, -0.2) is 34.4 Å². The van der Waals surface area contributed by atoms with Gasteiger partial charge in [0.1, 0.15) is 5.75 Å². The Labute approximate surface area is 192 Å². The first-order valence-electron chi connectivity index (χ1n) is 9.91. The maximum atomic E-state index is 12.5. The van der Waals surface area contributed by atoms with Gasteiger partial charge < -0.3 is 23.7 Å². The Bertz CT molecular complexity index is 1230. The van der Waals surface area contributed by atoms with Gasteiger partial charge in [0.05, 0.1) is 45.6 Å². The summed E-state index contributed by atoms with van der Waals surface area (Å²) in [7, 11) is 6.09. The Morgan fingerprint density at radius 3 is 2.12 bits per heavy atom. The first-order chi connectivity index (χ1) is 16.0. The van der Waals surface area contributed by atoms with Gasteiger partial charge in [0.25, 0.3) is 0 Å². The number of allylic oxidation sites excluding steroid dienone is 1. The standard InChI is InChI=1S/C26H23NO6/c1-29-21-7-5-6-19(14-21)26(28)33-23-10-8-17(13-24(23)31-3)12-20(16-27)18-9-11-22(30-2)25(15-18)32-4/h5-15H,1-4H3/b20-12-. The van der Waals surface area contributed by atoms with E-state index in [4.69, 9.17) is 23.7 Å². The molecule has 0 atom stereocenters. The summed E-state index contributed by atoms with van der Waals surface area (Å²) in [6.07, 6.45) is 1.71. The summed E-state index contributed by atoms with van der Waals surface area (Å²) in [4.78, 5) is 12.5. The minimum absolute atomic E-state index is 0.257. The number of rotatable bonds is 8. The Balaban J connectivity index is 1.88. The molecule has 0 spiro atoms. The highest BCUT2D eigenvalue weighted by molar-refractivity contribution is 5.92. The molecule has 0 heterocycles. The highest BCUT2D eigenvalue weighted by atomic mass is 16.6. The van der Waals surface area contributed by atoms with Crippen molar-refractivity contribution in [1.29, 1.82) is 5.26 Å². The van der Waals surface area contributed by atoms with E-state index in [0.29, 0.717) is 45.3 Å². The van der Waals surface area contributed by atoms with Gasteiger partial charge in [-0.15, -0.1) is 0 Å². The van der Waals surface area contributed by atoms with E-state index >= 15 is 0 Å². The van der Waals surface area contributed by atoms with Crippen molar-refractivity contribution in [2.75, 3.05) is 28.4 Å². The lowest BCUT2D eigenvalue weighted by molar-refractivity contribution is 0.0729. The molecular formula is C26H23NO6.